The Bertz CT molecular complexity index is 4300. The fourth-order valence-corrected chi connectivity index (χ4v) is 15.1. The Kier molecular flexibility index (Phi) is 38.3. The van der Waals surface area contributed by atoms with Crippen molar-refractivity contribution in [1.29, 1.82) is 0 Å². The summed E-state index contributed by atoms with van der Waals surface area (Å²) >= 11 is 0. The van der Waals surface area contributed by atoms with Gasteiger partial charge in [-0.15, -0.1) is 24.8 Å². The smallest absolute Gasteiger partial charge is 0.662 e. The van der Waals surface area contributed by atoms with Gasteiger partial charge in [0.25, 0.3) is 18.3 Å². The Morgan fingerprint density at radius 3 is 1.14 bits per heavy atom. The number of methoxy groups -OCH3 is 2. The Balaban J connectivity index is 0.000000201. The topological polar surface area (TPSA) is 257 Å². The van der Waals surface area contributed by atoms with Crippen LogP contribution in [-0.4, -0.2) is 205 Å². The third-order valence-electron chi connectivity index (χ3n) is 21.1. The number of likely N-dealkylation sites (tertiary alicyclic amines) is 2. The van der Waals surface area contributed by atoms with E-state index in [4.69, 9.17) is 20.0 Å². The molecule has 24 nitrogen and oxygen atoms in total. The second kappa shape index (κ2) is 47.5. The molecule has 27 heteroatoms. The standard InChI is InChI=1S/2C24H26N4O.2C14H17NO3.C11H15N3.CH2O3.CH4.2ClH.Na/c2*1-18-7-5-6-10-20(18)16-28-23(29)21-17-26(15-19-8-3-2-4-9-19)13-11-22(21)27-14-12-25-24(27)28;2*1-18-14(17)12-10-15(8-7-13(12)16)9-11-5-3-2-4-6-11;1-9-4-2-3-5-10(9)8-14-11-12-6-7-13-11;2-1-4-3;;;;/h2*2-10H,11-17H2,1H3;2*2-6,12H,7-10H2,1H3;2-5H,6-8H2,1H3,(H2,12,13,14);1,3H;1H4;2*1H;/q;;;;;;;;;+1/p-1. The van der Waals surface area contributed by atoms with Crippen LogP contribution in [0.25, 0.3) is 0 Å². The fourth-order valence-electron chi connectivity index (χ4n) is 15.1. The second-order valence-electron chi connectivity index (χ2n) is 28.7. The number of ether oxygens (including phenoxy) is 2. The number of carbonyl (C=O) groups excluding carboxylic acids is 7. The van der Waals surface area contributed by atoms with E-state index in [-0.39, 0.29) is 91.7 Å². The molecule has 7 aromatic rings. The number of piperidine rings is 2. The van der Waals surface area contributed by atoms with Gasteiger partial charge in [0.05, 0.1) is 58.1 Å². The minimum absolute atomic E-state index is 0. The molecular formula is C89H108Cl2N13NaO11. The molecule has 2 amide bonds. The van der Waals surface area contributed by atoms with Crippen LogP contribution in [0, 0.1) is 32.6 Å². The molecule has 2 N–H and O–H groups in total. The summed E-state index contributed by atoms with van der Waals surface area (Å²) in [6.45, 7) is 22.3. The summed E-state index contributed by atoms with van der Waals surface area (Å²) in [6, 6.07) is 66.1. The number of Topliss-reactive ketones (excluding diaryl/α,β-unsaturated/α-hetero) is 2. The van der Waals surface area contributed by atoms with Gasteiger partial charge in [0.1, 0.15) is 23.4 Å². The largest absolute Gasteiger partial charge is 1.00 e. The molecule has 0 aliphatic carbocycles. The number of fused-ring (bicyclic) bond motifs is 4. The van der Waals surface area contributed by atoms with Crippen LogP contribution in [-0.2, 0) is 93.7 Å². The van der Waals surface area contributed by atoms with Crippen LogP contribution in [0.4, 0.5) is 0 Å². The Labute approximate surface area is 716 Å². The van der Waals surface area contributed by atoms with E-state index in [1.54, 1.807) is 0 Å². The van der Waals surface area contributed by atoms with Crippen molar-refractivity contribution < 1.29 is 82.7 Å². The van der Waals surface area contributed by atoms with Gasteiger partial charge in [0, 0.05) is 142 Å². The zero-order valence-corrected chi connectivity index (χ0v) is 70.2. The summed E-state index contributed by atoms with van der Waals surface area (Å²) in [4.78, 5) is 116. The van der Waals surface area contributed by atoms with Crippen LogP contribution in [0.3, 0.4) is 0 Å². The Morgan fingerprint density at radius 2 is 0.802 bits per heavy atom. The van der Waals surface area contributed by atoms with Gasteiger partial charge in [-0.05, 0) is 76.4 Å². The number of guanidine groups is 3. The van der Waals surface area contributed by atoms with Crippen molar-refractivity contribution in [3.63, 3.8) is 0 Å². The summed E-state index contributed by atoms with van der Waals surface area (Å²) in [5.41, 5.74) is 16.6. The van der Waals surface area contributed by atoms with Crippen LogP contribution in [0.15, 0.2) is 232 Å². The van der Waals surface area contributed by atoms with E-state index in [2.05, 4.69) is 177 Å². The van der Waals surface area contributed by atoms with E-state index >= 15 is 0 Å². The first-order valence-electron chi connectivity index (χ1n) is 38.5. The molecule has 9 aliphatic heterocycles. The molecular weight excluding hydrogens is 1520 g/mol. The van der Waals surface area contributed by atoms with Crippen LogP contribution >= 0.6 is 24.8 Å². The molecule has 0 bridgehead atoms. The fraction of sp³-hybridized carbons (Fsp3) is 0.371. The van der Waals surface area contributed by atoms with Crippen molar-refractivity contribution in [3.8, 4) is 0 Å². The van der Waals surface area contributed by atoms with E-state index in [1.165, 1.54) is 81.2 Å². The number of hydrogen-bond donors (Lipinski definition) is 2. The summed E-state index contributed by atoms with van der Waals surface area (Å²) in [7, 11) is 2.65. The van der Waals surface area contributed by atoms with E-state index in [1.807, 2.05) is 107 Å². The molecule has 0 radical (unpaired) electrons. The van der Waals surface area contributed by atoms with Gasteiger partial charge in [-0.3, -0.25) is 77.9 Å². The number of hydrogen-bond acceptors (Lipinski definition) is 22. The summed E-state index contributed by atoms with van der Waals surface area (Å²) in [6.07, 6.45) is 2.66. The quantitative estimate of drug-likeness (QED) is 0.0237. The number of esters is 2. The zero-order chi connectivity index (χ0) is 78.7. The number of carbonyl (C=O) groups is 7. The molecule has 16 rings (SSSR count). The van der Waals surface area contributed by atoms with Crippen molar-refractivity contribution in [2.45, 2.75) is 99.7 Å². The molecule has 0 saturated carbocycles. The van der Waals surface area contributed by atoms with Gasteiger partial charge >= 0.3 is 41.5 Å². The number of aryl methyl sites for hydroxylation is 3. The minimum atomic E-state index is -0.618. The monoisotopic (exact) mass is 1630 g/mol. The van der Waals surface area contributed by atoms with Crippen molar-refractivity contribution in [1.82, 2.24) is 49.8 Å². The third kappa shape index (κ3) is 25.7. The first kappa shape index (κ1) is 93.5. The molecule has 2 saturated heterocycles. The first-order chi connectivity index (χ1) is 54.6. The number of benzene rings is 7. The number of amides is 2. The second-order valence-corrected chi connectivity index (χ2v) is 28.7. The molecule has 2 atom stereocenters. The SMILES string of the molecule is C.COC(=O)C1CN(Cc2ccccc2)CCC1=O.COC(=O)C1CN(Cc2ccccc2)CCC1=O.Cc1ccccc1CN1C(=O)C2=C(CCN(Cc3ccccc3)C2)N2CCN=C12.Cc1ccccc1CN1C(=O)C2=C(CCN(Cc3ccccc3)C2)N2CCN=C12.Cc1ccccc1CNC1=NCCN1.Cl.Cl.O=CO[O-].[Na+]. The van der Waals surface area contributed by atoms with E-state index in [0.29, 0.717) is 65.2 Å². The average molecular weight is 1630 g/mol. The Hall–Kier alpha value is -9.70. The van der Waals surface area contributed by atoms with Gasteiger partial charge in [0.15, 0.2) is 5.96 Å². The third-order valence-corrected chi connectivity index (χ3v) is 21.1. The summed E-state index contributed by atoms with van der Waals surface area (Å²) in [5.74, 6) is 0.763. The number of aliphatic imine (C=N–C) groups is 3. The van der Waals surface area contributed by atoms with E-state index in [9.17, 15) is 28.8 Å². The zero-order valence-electron chi connectivity index (χ0n) is 66.6. The molecule has 2 fully saturated rings. The molecule has 9 heterocycles. The van der Waals surface area contributed by atoms with E-state index < -0.39 is 23.8 Å². The van der Waals surface area contributed by atoms with Gasteiger partial charge in [-0.25, -0.2) is 0 Å². The molecule has 0 spiro atoms. The summed E-state index contributed by atoms with van der Waals surface area (Å²) in [5, 5.41) is 14.9. The molecule has 0 aromatic heterocycles. The van der Waals surface area contributed by atoms with Crippen molar-refractivity contribution in [3.05, 3.63) is 272 Å². The van der Waals surface area contributed by atoms with Gasteiger partial charge in [0.2, 0.25) is 11.9 Å². The normalized spacial score (nSPS) is 18.1. The number of nitrogens with zero attached hydrogens (tertiary/aromatic N) is 11. The number of ketones is 2. The maximum Gasteiger partial charge on any atom is 1.00 e. The molecule has 116 heavy (non-hydrogen) atoms. The van der Waals surface area contributed by atoms with Crippen LogP contribution in [0.1, 0.15) is 88.7 Å². The maximum atomic E-state index is 13.5. The number of nitrogens with one attached hydrogen (secondary N) is 2. The van der Waals surface area contributed by atoms with Gasteiger partial charge in [-0.2, -0.15) is 0 Å². The first-order valence-corrected chi connectivity index (χ1v) is 38.5. The van der Waals surface area contributed by atoms with Crippen molar-refractivity contribution in [2.24, 2.45) is 26.8 Å². The van der Waals surface area contributed by atoms with Crippen molar-refractivity contribution in [2.75, 3.05) is 106 Å². The molecule has 2 unspecified atom stereocenters. The minimum Gasteiger partial charge on any atom is -0.662 e. The van der Waals surface area contributed by atoms with E-state index in [0.717, 1.165) is 127 Å². The molecule has 7 aromatic carbocycles. The summed E-state index contributed by atoms with van der Waals surface area (Å²) < 4.78 is 9.34. The number of halogens is 2. The van der Waals surface area contributed by atoms with Crippen LogP contribution < -0.4 is 45.4 Å². The van der Waals surface area contributed by atoms with Crippen LogP contribution in [0.2, 0.25) is 0 Å². The average Bonchev–Trinajstić information content (AvgIpc) is 1.48. The number of rotatable bonds is 17. The molecule has 9 aliphatic rings. The predicted molar refractivity (Wildman–Crippen MR) is 449 cm³/mol. The van der Waals surface area contributed by atoms with Gasteiger partial charge < -0.3 is 40.1 Å². The maximum absolute atomic E-state index is 13.5. The van der Waals surface area contributed by atoms with Crippen molar-refractivity contribution >= 4 is 84.5 Å². The van der Waals surface area contributed by atoms with Gasteiger partial charge in [-0.1, -0.05) is 202 Å². The van der Waals surface area contributed by atoms with Crippen LogP contribution in [0.5, 0.6) is 0 Å². The molecule has 610 valence electrons. The predicted octanol–water partition coefficient (Wildman–Crippen LogP) is 6.80. The Morgan fingerprint density at radius 1 is 0.466 bits per heavy atom.